The minimum absolute atomic E-state index is 0.0484. The lowest BCUT2D eigenvalue weighted by Gasteiger charge is -2.09. The largest absolute Gasteiger partial charge is 0.280 e. The number of rotatable bonds is 5. The number of benzene rings is 2. The number of aromatic nitrogens is 1. The Bertz CT molecular complexity index is 1000. The molecule has 0 atom stereocenters. The molecule has 1 N–H and O–H groups in total. The van der Waals surface area contributed by atoms with E-state index in [1.807, 2.05) is 6.07 Å². The predicted molar refractivity (Wildman–Crippen MR) is 101 cm³/mol. The fourth-order valence-corrected chi connectivity index (χ4v) is 5.17. The van der Waals surface area contributed by atoms with E-state index < -0.39 is 10.0 Å². The average molecular weight is 401 g/mol. The zero-order valence-electron chi connectivity index (χ0n) is 12.7. The Morgan fingerprint density at radius 3 is 2.71 bits per heavy atom. The second-order valence-corrected chi connectivity index (χ2v) is 8.83. The Balaban J connectivity index is 1.94. The highest BCUT2D eigenvalue weighted by Crippen LogP contribution is 2.29. The van der Waals surface area contributed by atoms with Crippen molar-refractivity contribution in [1.82, 2.24) is 4.98 Å². The summed E-state index contributed by atoms with van der Waals surface area (Å²) in [6, 6.07) is 9.61. The molecule has 0 saturated heterocycles. The van der Waals surface area contributed by atoms with Gasteiger partial charge in [-0.3, -0.25) is 4.72 Å². The molecule has 2 aromatic carbocycles. The Kier molecular flexibility index (Phi) is 5.01. The smallest absolute Gasteiger partial charge is 0.263 e. The number of anilines is 1. The first kappa shape index (κ1) is 17.5. The lowest BCUT2D eigenvalue weighted by atomic mass is 10.3. The third-order valence-electron chi connectivity index (χ3n) is 3.33. The van der Waals surface area contributed by atoms with Gasteiger partial charge in [0.05, 0.1) is 25.9 Å². The molecule has 0 bridgehead atoms. The molecule has 24 heavy (non-hydrogen) atoms. The molecule has 0 spiro atoms. The Morgan fingerprint density at radius 1 is 1.17 bits per heavy atom. The molecule has 0 amide bonds. The van der Waals surface area contributed by atoms with Crippen LogP contribution >= 0.6 is 34.5 Å². The van der Waals surface area contributed by atoms with Crippen LogP contribution in [0.1, 0.15) is 18.4 Å². The van der Waals surface area contributed by atoms with Gasteiger partial charge in [0.15, 0.2) is 0 Å². The molecule has 3 aromatic rings. The van der Waals surface area contributed by atoms with Gasteiger partial charge in [-0.05, 0) is 49.2 Å². The number of fused-ring (bicyclic) bond motifs is 1. The summed E-state index contributed by atoms with van der Waals surface area (Å²) in [5.41, 5.74) is 1.33. The maximum atomic E-state index is 12.6. The van der Waals surface area contributed by atoms with Crippen molar-refractivity contribution in [3.05, 3.63) is 51.5 Å². The van der Waals surface area contributed by atoms with Crippen LogP contribution in [0.15, 0.2) is 41.3 Å². The maximum Gasteiger partial charge on any atom is 0.263 e. The van der Waals surface area contributed by atoms with Crippen molar-refractivity contribution in [2.45, 2.75) is 24.7 Å². The van der Waals surface area contributed by atoms with E-state index in [0.717, 1.165) is 28.1 Å². The number of thiazole rings is 1. The fourth-order valence-electron chi connectivity index (χ4n) is 2.25. The summed E-state index contributed by atoms with van der Waals surface area (Å²) in [5.74, 6) is 0. The maximum absolute atomic E-state index is 12.6. The monoisotopic (exact) mass is 400 g/mol. The van der Waals surface area contributed by atoms with Gasteiger partial charge in [-0.25, -0.2) is 13.4 Å². The van der Waals surface area contributed by atoms with Crippen LogP contribution in [-0.4, -0.2) is 13.4 Å². The van der Waals surface area contributed by atoms with Crippen molar-refractivity contribution in [3.63, 3.8) is 0 Å². The number of nitrogens with one attached hydrogen (secondary N) is 1. The van der Waals surface area contributed by atoms with E-state index >= 15 is 0 Å². The van der Waals surface area contributed by atoms with Crippen molar-refractivity contribution in [3.8, 4) is 0 Å². The molecule has 0 aliphatic carbocycles. The number of nitrogens with zero attached hydrogens (tertiary/aromatic N) is 1. The molecule has 0 aliphatic heterocycles. The van der Waals surface area contributed by atoms with E-state index in [-0.39, 0.29) is 9.92 Å². The van der Waals surface area contributed by atoms with Crippen molar-refractivity contribution < 1.29 is 8.42 Å². The van der Waals surface area contributed by atoms with Crippen LogP contribution in [0.4, 0.5) is 5.69 Å². The lowest BCUT2D eigenvalue weighted by Crippen LogP contribution is -2.13. The van der Waals surface area contributed by atoms with E-state index in [4.69, 9.17) is 23.2 Å². The highest BCUT2D eigenvalue weighted by atomic mass is 35.5. The molecule has 0 fully saturated rings. The van der Waals surface area contributed by atoms with Crippen LogP contribution in [0.5, 0.6) is 0 Å². The Labute approximate surface area is 154 Å². The van der Waals surface area contributed by atoms with Crippen LogP contribution in [0.25, 0.3) is 10.2 Å². The number of hydrogen-bond acceptors (Lipinski definition) is 4. The molecule has 4 nitrogen and oxygen atoms in total. The second-order valence-electron chi connectivity index (χ2n) is 5.22. The summed E-state index contributed by atoms with van der Waals surface area (Å²) in [6.45, 7) is 2.10. The first-order valence-electron chi connectivity index (χ1n) is 7.26. The van der Waals surface area contributed by atoms with E-state index in [1.54, 1.807) is 29.5 Å². The summed E-state index contributed by atoms with van der Waals surface area (Å²) < 4.78 is 28.6. The van der Waals surface area contributed by atoms with Crippen molar-refractivity contribution >= 4 is 60.5 Å². The molecule has 1 aromatic heterocycles. The third kappa shape index (κ3) is 3.67. The zero-order valence-corrected chi connectivity index (χ0v) is 15.9. The SMILES string of the molecule is CCCc1nc2ccc(NS(=O)(=O)c3cc(Cl)ccc3Cl)cc2s1. The third-order valence-corrected chi connectivity index (χ3v) is 6.51. The normalized spacial score (nSPS) is 11.8. The van der Waals surface area contributed by atoms with Gasteiger partial charge in [0.1, 0.15) is 4.90 Å². The lowest BCUT2D eigenvalue weighted by molar-refractivity contribution is 0.601. The molecular weight excluding hydrogens is 387 g/mol. The molecule has 0 unspecified atom stereocenters. The molecule has 0 aliphatic rings. The van der Waals surface area contributed by atoms with Crippen molar-refractivity contribution in [1.29, 1.82) is 0 Å². The minimum atomic E-state index is -3.82. The molecule has 0 radical (unpaired) electrons. The predicted octanol–water partition coefficient (Wildman–Crippen LogP) is 5.36. The van der Waals surface area contributed by atoms with Gasteiger partial charge in [-0.2, -0.15) is 0 Å². The molecule has 1 heterocycles. The number of halogens is 2. The number of hydrogen-bond donors (Lipinski definition) is 1. The van der Waals surface area contributed by atoms with Crippen LogP contribution in [0, 0.1) is 0 Å². The Morgan fingerprint density at radius 2 is 1.96 bits per heavy atom. The van der Waals surface area contributed by atoms with E-state index in [1.165, 1.54) is 12.1 Å². The Hall–Kier alpha value is -1.34. The summed E-state index contributed by atoms with van der Waals surface area (Å²) >= 11 is 13.4. The van der Waals surface area contributed by atoms with Crippen molar-refractivity contribution in [2.75, 3.05) is 4.72 Å². The molecular formula is C16H14Cl2N2O2S2. The van der Waals surface area contributed by atoms with E-state index in [0.29, 0.717) is 10.7 Å². The van der Waals surface area contributed by atoms with E-state index in [9.17, 15) is 8.42 Å². The van der Waals surface area contributed by atoms with E-state index in [2.05, 4.69) is 16.6 Å². The summed E-state index contributed by atoms with van der Waals surface area (Å²) in [5, 5.41) is 1.48. The molecule has 126 valence electrons. The second kappa shape index (κ2) is 6.88. The highest BCUT2D eigenvalue weighted by Gasteiger charge is 2.19. The molecule has 0 saturated carbocycles. The quantitative estimate of drug-likeness (QED) is 0.627. The van der Waals surface area contributed by atoms with Gasteiger partial charge < -0.3 is 0 Å². The van der Waals surface area contributed by atoms with Crippen LogP contribution in [0.3, 0.4) is 0 Å². The number of sulfonamides is 1. The van der Waals surface area contributed by atoms with Gasteiger partial charge in [-0.15, -0.1) is 11.3 Å². The summed E-state index contributed by atoms with van der Waals surface area (Å²) in [4.78, 5) is 4.48. The van der Waals surface area contributed by atoms with Gasteiger partial charge >= 0.3 is 0 Å². The van der Waals surface area contributed by atoms with Gasteiger partial charge in [0, 0.05) is 5.02 Å². The zero-order chi connectivity index (χ0) is 17.3. The van der Waals surface area contributed by atoms with Gasteiger partial charge in [0.25, 0.3) is 10.0 Å². The summed E-state index contributed by atoms with van der Waals surface area (Å²) in [7, 11) is -3.82. The topological polar surface area (TPSA) is 59.1 Å². The average Bonchev–Trinajstić information content (AvgIpc) is 2.91. The van der Waals surface area contributed by atoms with Gasteiger partial charge in [0.2, 0.25) is 0 Å². The van der Waals surface area contributed by atoms with Crippen molar-refractivity contribution in [2.24, 2.45) is 0 Å². The standard InChI is InChI=1S/C16H14Cl2N2O2S2/c1-2-3-16-19-13-7-5-11(9-14(13)23-16)20-24(21,22)15-8-10(17)4-6-12(15)18/h4-9,20H,2-3H2,1H3. The minimum Gasteiger partial charge on any atom is -0.280 e. The molecule has 3 rings (SSSR count). The van der Waals surface area contributed by atoms with Gasteiger partial charge in [-0.1, -0.05) is 30.1 Å². The van der Waals surface area contributed by atoms with Crippen LogP contribution in [-0.2, 0) is 16.4 Å². The van der Waals surface area contributed by atoms with Crippen LogP contribution < -0.4 is 4.72 Å². The first-order chi connectivity index (χ1) is 11.4. The van der Waals surface area contributed by atoms with Crippen LogP contribution in [0.2, 0.25) is 10.0 Å². The fraction of sp³-hybridized carbons (Fsp3) is 0.188. The first-order valence-corrected chi connectivity index (χ1v) is 10.3. The highest BCUT2D eigenvalue weighted by molar-refractivity contribution is 7.92. The number of aryl methyl sites for hydroxylation is 1. The summed E-state index contributed by atoms with van der Waals surface area (Å²) in [6.07, 6.45) is 1.94. The molecule has 8 heteroatoms.